The van der Waals surface area contributed by atoms with E-state index in [0.717, 1.165) is 16.8 Å². The smallest absolute Gasteiger partial charge is 0.234 e. The fourth-order valence-electron chi connectivity index (χ4n) is 2.70. The summed E-state index contributed by atoms with van der Waals surface area (Å²) in [6, 6.07) is 17.9. The largest absolute Gasteiger partial charge is 0.325 e. The minimum absolute atomic E-state index is 0.0409. The molecule has 1 amide bonds. The highest BCUT2D eigenvalue weighted by molar-refractivity contribution is 7.99. The zero-order valence-corrected chi connectivity index (χ0v) is 17.1. The van der Waals surface area contributed by atoms with E-state index in [2.05, 4.69) is 41.3 Å². The summed E-state index contributed by atoms with van der Waals surface area (Å²) in [6.07, 6.45) is 3.83. The van der Waals surface area contributed by atoms with Crippen LogP contribution >= 0.6 is 11.8 Å². The van der Waals surface area contributed by atoms with Crippen LogP contribution in [-0.2, 0) is 10.2 Å². The van der Waals surface area contributed by atoms with Gasteiger partial charge in [-0.15, -0.1) is 5.10 Å². The highest BCUT2D eigenvalue weighted by atomic mass is 32.2. The van der Waals surface area contributed by atoms with Gasteiger partial charge < -0.3 is 5.32 Å². The molecule has 2 aromatic carbocycles. The van der Waals surface area contributed by atoms with E-state index in [1.807, 2.05) is 66.7 Å². The maximum Gasteiger partial charge on any atom is 0.234 e. The zero-order valence-electron chi connectivity index (χ0n) is 16.3. The summed E-state index contributed by atoms with van der Waals surface area (Å²) >= 11 is 1.30. The Kier molecular flexibility index (Phi) is 6.31. The molecule has 1 aromatic heterocycles. The van der Waals surface area contributed by atoms with Crippen molar-refractivity contribution in [2.24, 2.45) is 0 Å². The number of nitrogens with one attached hydrogen (secondary N) is 2. The number of amides is 1. The summed E-state index contributed by atoms with van der Waals surface area (Å²) in [4.78, 5) is 16.8. The number of thioether (sulfide) groups is 1. The van der Waals surface area contributed by atoms with E-state index in [1.54, 1.807) is 0 Å². The number of aromatic amines is 1. The molecular formula is C22H24N4OS. The van der Waals surface area contributed by atoms with Crippen molar-refractivity contribution in [2.45, 2.75) is 31.3 Å². The number of aromatic nitrogens is 3. The van der Waals surface area contributed by atoms with Gasteiger partial charge in [-0.2, -0.15) is 0 Å². The summed E-state index contributed by atoms with van der Waals surface area (Å²) in [7, 11) is 0. The normalized spacial score (nSPS) is 11.7. The lowest BCUT2D eigenvalue weighted by Gasteiger charge is -2.22. The SMILES string of the molecule is CC(C)(C)c1ccccc1NC(=O)CSc1n[nH]c(/C=C/c2ccccc2)n1. The molecule has 3 aromatic rings. The van der Waals surface area contributed by atoms with E-state index in [9.17, 15) is 4.79 Å². The molecule has 0 aliphatic heterocycles. The first-order chi connectivity index (χ1) is 13.4. The number of hydrogen-bond acceptors (Lipinski definition) is 4. The Hall–Kier alpha value is -2.86. The van der Waals surface area contributed by atoms with Gasteiger partial charge in [0.2, 0.25) is 11.1 Å². The van der Waals surface area contributed by atoms with Crippen LogP contribution in [0.2, 0.25) is 0 Å². The van der Waals surface area contributed by atoms with Crippen LogP contribution < -0.4 is 5.32 Å². The number of nitrogens with zero attached hydrogens (tertiary/aromatic N) is 2. The maximum absolute atomic E-state index is 12.4. The molecule has 0 atom stereocenters. The summed E-state index contributed by atoms with van der Waals surface area (Å²) in [5, 5.41) is 10.6. The predicted molar refractivity (Wildman–Crippen MR) is 116 cm³/mol. The van der Waals surface area contributed by atoms with Crippen molar-refractivity contribution < 1.29 is 4.79 Å². The molecule has 2 N–H and O–H groups in total. The lowest BCUT2D eigenvalue weighted by atomic mass is 9.86. The second kappa shape index (κ2) is 8.89. The van der Waals surface area contributed by atoms with Gasteiger partial charge in [-0.1, -0.05) is 87.1 Å². The van der Waals surface area contributed by atoms with Crippen LogP contribution in [0.1, 0.15) is 37.7 Å². The second-order valence-electron chi connectivity index (χ2n) is 7.38. The number of carbonyl (C=O) groups is 1. The molecule has 6 heteroatoms. The third-order valence-electron chi connectivity index (χ3n) is 4.06. The molecule has 0 bridgehead atoms. The summed E-state index contributed by atoms with van der Waals surface area (Å²) in [5.41, 5.74) is 3.01. The minimum atomic E-state index is -0.0760. The first kappa shape index (κ1) is 19.9. The molecule has 0 aliphatic rings. The fraction of sp³-hybridized carbons (Fsp3) is 0.227. The van der Waals surface area contributed by atoms with E-state index in [4.69, 9.17) is 0 Å². The van der Waals surface area contributed by atoms with Gasteiger partial charge in [0.05, 0.1) is 5.75 Å². The van der Waals surface area contributed by atoms with Crippen molar-refractivity contribution in [1.29, 1.82) is 0 Å². The summed E-state index contributed by atoms with van der Waals surface area (Å²) in [6.45, 7) is 6.39. The quantitative estimate of drug-likeness (QED) is 0.579. The van der Waals surface area contributed by atoms with E-state index >= 15 is 0 Å². The molecule has 1 heterocycles. The van der Waals surface area contributed by atoms with Crippen LogP contribution in [0.15, 0.2) is 59.8 Å². The number of carbonyl (C=O) groups excluding carboxylic acids is 1. The molecule has 144 valence electrons. The molecule has 0 radical (unpaired) electrons. The second-order valence-corrected chi connectivity index (χ2v) is 8.32. The zero-order chi connectivity index (χ0) is 20.0. The van der Waals surface area contributed by atoms with Gasteiger partial charge in [0, 0.05) is 5.69 Å². The Morgan fingerprint density at radius 2 is 1.79 bits per heavy atom. The third kappa shape index (κ3) is 5.57. The molecule has 0 spiro atoms. The van der Waals surface area contributed by atoms with Crippen molar-refractivity contribution >= 4 is 35.5 Å². The van der Waals surface area contributed by atoms with Gasteiger partial charge >= 0.3 is 0 Å². The van der Waals surface area contributed by atoms with E-state index < -0.39 is 0 Å². The van der Waals surface area contributed by atoms with Crippen molar-refractivity contribution in [1.82, 2.24) is 15.2 Å². The van der Waals surface area contributed by atoms with Gasteiger partial charge in [0.25, 0.3) is 0 Å². The highest BCUT2D eigenvalue weighted by Gasteiger charge is 2.18. The Morgan fingerprint density at radius 1 is 1.07 bits per heavy atom. The lowest BCUT2D eigenvalue weighted by Crippen LogP contribution is -2.19. The lowest BCUT2D eigenvalue weighted by molar-refractivity contribution is -0.113. The van der Waals surface area contributed by atoms with Crippen molar-refractivity contribution in [2.75, 3.05) is 11.1 Å². The minimum Gasteiger partial charge on any atom is -0.325 e. The first-order valence-electron chi connectivity index (χ1n) is 9.09. The first-order valence-corrected chi connectivity index (χ1v) is 10.1. The molecule has 0 fully saturated rings. The molecule has 0 unspecified atom stereocenters. The fourth-order valence-corrected chi connectivity index (χ4v) is 3.30. The van der Waals surface area contributed by atoms with Gasteiger partial charge in [-0.3, -0.25) is 9.89 Å². The Morgan fingerprint density at radius 3 is 2.54 bits per heavy atom. The van der Waals surface area contributed by atoms with Crippen LogP contribution in [0, 0.1) is 0 Å². The Labute approximate surface area is 169 Å². The molecular weight excluding hydrogens is 368 g/mol. The van der Waals surface area contributed by atoms with Crippen LogP contribution in [0.3, 0.4) is 0 Å². The van der Waals surface area contributed by atoms with Crippen molar-refractivity contribution in [3.8, 4) is 0 Å². The Bertz CT molecular complexity index is 958. The monoisotopic (exact) mass is 392 g/mol. The average Bonchev–Trinajstić information content (AvgIpc) is 3.13. The van der Waals surface area contributed by atoms with E-state index in [-0.39, 0.29) is 17.1 Å². The predicted octanol–water partition coefficient (Wildman–Crippen LogP) is 5.00. The maximum atomic E-state index is 12.4. The standard InChI is InChI=1S/C22H24N4OS/c1-22(2,3)17-11-7-8-12-18(17)23-20(27)15-28-21-24-19(25-26-21)14-13-16-9-5-4-6-10-16/h4-14H,15H2,1-3H3,(H,23,27)(H,24,25,26)/b14-13+. The van der Waals surface area contributed by atoms with Crippen LogP contribution in [0.4, 0.5) is 5.69 Å². The number of para-hydroxylation sites is 1. The number of anilines is 1. The van der Waals surface area contributed by atoms with Crippen LogP contribution in [0.5, 0.6) is 0 Å². The number of H-pyrrole nitrogens is 1. The third-order valence-corrected chi connectivity index (χ3v) is 4.90. The average molecular weight is 393 g/mol. The van der Waals surface area contributed by atoms with Crippen molar-refractivity contribution in [3.63, 3.8) is 0 Å². The number of benzene rings is 2. The highest BCUT2D eigenvalue weighted by Crippen LogP contribution is 2.29. The molecule has 3 rings (SSSR count). The summed E-state index contributed by atoms with van der Waals surface area (Å²) in [5.74, 6) is 0.829. The Balaban J connectivity index is 1.56. The molecule has 0 saturated heterocycles. The van der Waals surface area contributed by atoms with Gasteiger partial charge in [-0.05, 0) is 28.7 Å². The number of rotatable bonds is 6. The topological polar surface area (TPSA) is 70.7 Å². The number of hydrogen-bond donors (Lipinski definition) is 2. The van der Waals surface area contributed by atoms with Gasteiger partial charge in [-0.25, -0.2) is 4.98 Å². The van der Waals surface area contributed by atoms with E-state index in [0.29, 0.717) is 11.0 Å². The van der Waals surface area contributed by atoms with Crippen LogP contribution in [0.25, 0.3) is 12.2 Å². The van der Waals surface area contributed by atoms with Gasteiger partial charge in [0.15, 0.2) is 0 Å². The molecule has 0 saturated carbocycles. The molecule has 28 heavy (non-hydrogen) atoms. The summed E-state index contributed by atoms with van der Waals surface area (Å²) < 4.78 is 0. The van der Waals surface area contributed by atoms with Gasteiger partial charge in [0.1, 0.15) is 5.82 Å². The van der Waals surface area contributed by atoms with E-state index in [1.165, 1.54) is 11.8 Å². The van der Waals surface area contributed by atoms with Crippen molar-refractivity contribution in [3.05, 3.63) is 71.5 Å². The molecule has 5 nitrogen and oxygen atoms in total. The van der Waals surface area contributed by atoms with Crippen LogP contribution in [-0.4, -0.2) is 26.8 Å². The molecule has 0 aliphatic carbocycles.